The predicted molar refractivity (Wildman–Crippen MR) is 61.1 cm³/mol. The molecular formula is C13H13F3O3. The molecule has 1 saturated carbocycles. The van der Waals surface area contributed by atoms with Crippen molar-refractivity contribution in [3.8, 4) is 5.75 Å². The summed E-state index contributed by atoms with van der Waals surface area (Å²) >= 11 is 0. The highest BCUT2D eigenvalue weighted by Crippen LogP contribution is 2.47. The molecule has 3 nitrogen and oxygen atoms in total. The Bertz CT molecular complexity index is 453. The lowest BCUT2D eigenvalue weighted by Gasteiger charge is -2.09. The predicted octanol–water partition coefficient (Wildman–Crippen LogP) is 3.21. The van der Waals surface area contributed by atoms with Crippen molar-refractivity contribution in [2.75, 3.05) is 6.61 Å². The van der Waals surface area contributed by atoms with Gasteiger partial charge in [0, 0.05) is 0 Å². The second-order valence-electron chi connectivity index (χ2n) is 4.57. The summed E-state index contributed by atoms with van der Waals surface area (Å²) in [5.74, 6) is -0.769. The zero-order chi connectivity index (χ0) is 14.0. The minimum absolute atomic E-state index is 0.0155. The van der Waals surface area contributed by atoms with Gasteiger partial charge in [-0.2, -0.15) is 13.2 Å². The molecule has 6 heteroatoms. The van der Waals surface area contributed by atoms with Gasteiger partial charge in [-0.15, -0.1) is 0 Å². The van der Waals surface area contributed by atoms with Crippen molar-refractivity contribution in [2.24, 2.45) is 5.92 Å². The maximum atomic E-state index is 11.9. The largest absolute Gasteiger partial charge is 0.493 e. The molecule has 1 N–H and O–H groups in total. The van der Waals surface area contributed by atoms with Crippen LogP contribution in [-0.2, 0) is 4.79 Å². The van der Waals surface area contributed by atoms with E-state index in [1.807, 2.05) is 0 Å². The van der Waals surface area contributed by atoms with E-state index < -0.39 is 25.2 Å². The molecule has 104 valence electrons. The van der Waals surface area contributed by atoms with Gasteiger partial charge in [0.2, 0.25) is 0 Å². The van der Waals surface area contributed by atoms with Crippen LogP contribution in [0.15, 0.2) is 24.3 Å². The number of alkyl halides is 3. The molecule has 2 unspecified atom stereocenters. The maximum Gasteiger partial charge on any atom is 0.392 e. The van der Waals surface area contributed by atoms with E-state index in [2.05, 4.69) is 0 Å². The third kappa shape index (κ3) is 3.87. The summed E-state index contributed by atoms with van der Waals surface area (Å²) in [6, 6.07) is 6.55. The summed E-state index contributed by atoms with van der Waals surface area (Å²) in [6.45, 7) is -0.413. The summed E-state index contributed by atoms with van der Waals surface area (Å²) in [5.41, 5.74) is 0.885. The fraction of sp³-hybridized carbons (Fsp3) is 0.462. The highest BCUT2D eigenvalue weighted by Gasteiger charge is 2.44. The summed E-state index contributed by atoms with van der Waals surface area (Å²) < 4.78 is 40.7. The SMILES string of the molecule is O=C(O)C1CC1c1ccc(OCCC(F)(F)F)cc1. The van der Waals surface area contributed by atoms with E-state index in [9.17, 15) is 18.0 Å². The van der Waals surface area contributed by atoms with Crippen LogP contribution in [0.25, 0.3) is 0 Å². The highest BCUT2D eigenvalue weighted by atomic mass is 19.4. The van der Waals surface area contributed by atoms with Gasteiger partial charge >= 0.3 is 12.1 Å². The van der Waals surface area contributed by atoms with Crippen LogP contribution in [-0.4, -0.2) is 23.9 Å². The van der Waals surface area contributed by atoms with Gasteiger partial charge in [0.05, 0.1) is 18.9 Å². The highest BCUT2D eigenvalue weighted by molar-refractivity contribution is 5.75. The van der Waals surface area contributed by atoms with Crippen LogP contribution in [0.1, 0.15) is 24.3 Å². The Hall–Kier alpha value is -1.72. The molecule has 2 atom stereocenters. The van der Waals surface area contributed by atoms with Gasteiger partial charge in [-0.25, -0.2) is 0 Å². The lowest BCUT2D eigenvalue weighted by atomic mass is 10.1. The van der Waals surface area contributed by atoms with Crippen LogP contribution in [0.4, 0.5) is 13.2 Å². The second-order valence-corrected chi connectivity index (χ2v) is 4.57. The monoisotopic (exact) mass is 274 g/mol. The van der Waals surface area contributed by atoms with E-state index in [4.69, 9.17) is 9.84 Å². The molecule has 0 amide bonds. The molecule has 1 aromatic rings. The first kappa shape index (κ1) is 13.7. The van der Waals surface area contributed by atoms with Crippen LogP contribution in [0.5, 0.6) is 5.75 Å². The van der Waals surface area contributed by atoms with Crippen molar-refractivity contribution in [1.29, 1.82) is 0 Å². The standard InChI is InChI=1S/C13H13F3O3/c14-13(15,16)5-6-19-9-3-1-8(2-4-9)10-7-11(10)12(17)18/h1-4,10-11H,5-7H2,(H,17,18). The summed E-state index contributed by atoms with van der Waals surface area (Å²) in [7, 11) is 0. The van der Waals surface area contributed by atoms with Gasteiger partial charge < -0.3 is 9.84 Å². The maximum absolute atomic E-state index is 11.9. The number of carbonyl (C=O) groups is 1. The molecule has 0 aliphatic heterocycles. The van der Waals surface area contributed by atoms with Gasteiger partial charge in [0.15, 0.2) is 0 Å². The molecule has 0 radical (unpaired) electrons. The van der Waals surface area contributed by atoms with E-state index in [0.717, 1.165) is 5.56 Å². The van der Waals surface area contributed by atoms with Gasteiger partial charge in [-0.1, -0.05) is 12.1 Å². The third-order valence-corrected chi connectivity index (χ3v) is 3.07. The summed E-state index contributed by atoms with van der Waals surface area (Å²) in [4.78, 5) is 10.7. The first-order chi connectivity index (χ1) is 8.87. The van der Waals surface area contributed by atoms with Crippen molar-refractivity contribution in [1.82, 2.24) is 0 Å². The number of carboxylic acids is 1. The lowest BCUT2D eigenvalue weighted by molar-refractivity contribution is -0.140. The smallest absolute Gasteiger partial charge is 0.392 e. The molecule has 0 spiro atoms. The number of hydrogen-bond acceptors (Lipinski definition) is 2. The molecule has 1 fully saturated rings. The Kier molecular flexibility index (Phi) is 3.68. The zero-order valence-electron chi connectivity index (χ0n) is 9.98. The van der Waals surface area contributed by atoms with Crippen LogP contribution >= 0.6 is 0 Å². The normalized spacial score (nSPS) is 22.1. The van der Waals surface area contributed by atoms with Crippen LogP contribution in [0.3, 0.4) is 0 Å². The fourth-order valence-corrected chi connectivity index (χ4v) is 1.93. The Morgan fingerprint density at radius 2 is 1.95 bits per heavy atom. The second kappa shape index (κ2) is 5.11. The number of aliphatic carboxylic acids is 1. The molecule has 0 saturated heterocycles. The zero-order valence-corrected chi connectivity index (χ0v) is 9.98. The van der Waals surface area contributed by atoms with Crippen LogP contribution < -0.4 is 4.74 Å². The average Bonchev–Trinajstić information content (AvgIpc) is 3.08. The molecule has 1 aromatic carbocycles. The van der Waals surface area contributed by atoms with Crippen molar-refractivity contribution < 1.29 is 27.8 Å². The third-order valence-electron chi connectivity index (χ3n) is 3.07. The van der Waals surface area contributed by atoms with Crippen molar-refractivity contribution in [3.63, 3.8) is 0 Å². The van der Waals surface area contributed by atoms with Crippen molar-refractivity contribution in [2.45, 2.75) is 24.9 Å². The molecule has 19 heavy (non-hydrogen) atoms. The molecule has 2 rings (SSSR count). The van der Waals surface area contributed by atoms with E-state index in [0.29, 0.717) is 12.2 Å². The van der Waals surface area contributed by atoms with Gasteiger partial charge in [0.25, 0.3) is 0 Å². The Morgan fingerprint density at radius 1 is 1.32 bits per heavy atom. The van der Waals surface area contributed by atoms with Crippen LogP contribution in [0, 0.1) is 5.92 Å². The minimum Gasteiger partial charge on any atom is -0.493 e. The first-order valence-electron chi connectivity index (χ1n) is 5.89. The number of hydrogen-bond donors (Lipinski definition) is 1. The van der Waals surface area contributed by atoms with Crippen molar-refractivity contribution >= 4 is 5.97 Å². The molecular weight excluding hydrogens is 261 g/mol. The van der Waals surface area contributed by atoms with Gasteiger partial charge in [-0.3, -0.25) is 4.79 Å². The van der Waals surface area contributed by atoms with Gasteiger partial charge in [-0.05, 0) is 30.0 Å². The quantitative estimate of drug-likeness (QED) is 0.896. The Labute approximate surface area is 108 Å². The van der Waals surface area contributed by atoms with E-state index in [1.54, 1.807) is 24.3 Å². The van der Waals surface area contributed by atoms with E-state index in [1.165, 1.54) is 0 Å². The van der Waals surface area contributed by atoms with Gasteiger partial charge in [0.1, 0.15) is 5.75 Å². The molecule has 0 bridgehead atoms. The summed E-state index contributed by atoms with van der Waals surface area (Å²) in [6.07, 6.45) is -4.59. The van der Waals surface area contributed by atoms with Crippen LogP contribution in [0.2, 0.25) is 0 Å². The molecule has 1 aliphatic rings. The minimum atomic E-state index is -4.22. The number of rotatable bonds is 5. The average molecular weight is 274 g/mol. The molecule has 0 aromatic heterocycles. The van der Waals surface area contributed by atoms with E-state index in [-0.39, 0.29) is 11.8 Å². The number of halogens is 3. The van der Waals surface area contributed by atoms with E-state index >= 15 is 0 Å². The number of benzene rings is 1. The molecule has 1 aliphatic carbocycles. The fourth-order valence-electron chi connectivity index (χ4n) is 1.93. The summed E-state index contributed by atoms with van der Waals surface area (Å²) in [5, 5.41) is 8.80. The Balaban J connectivity index is 1.84. The van der Waals surface area contributed by atoms with Crippen molar-refractivity contribution in [3.05, 3.63) is 29.8 Å². The lowest BCUT2D eigenvalue weighted by Crippen LogP contribution is -2.12. The molecule has 0 heterocycles. The topological polar surface area (TPSA) is 46.5 Å². The number of carboxylic acid groups (broad SMARTS) is 1. The Morgan fingerprint density at radius 3 is 2.42 bits per heavy atom. The number of ether oxygens (including phenoxy) is 1. The first-order valence-corrected chi connectivity index (χ1v) is 5.89.